The first kappa shape index (κ1) is 15.1. The van der Waals surface area contributed by atoms with Gasteiger partial charge in [0.25, 0.3) is 5.91 Å². The molecule has 0 radical (unpaired) electrons. The van der Waals surface area contributed by atoms with Crippen molar-refractivity contribution >= 4 is 11.6 Å². The number of fused-ring (bicyclic) bond motifs is 1. The third-order valence-electron chi connectivity index (χ3n) is 3.76. The van der Waals surface area contributed by atoms with E-state index in [9.17, 15) is 4.79 Å². The minimum atomic E-state index is -0.304. The van der Waals surface area contributed by atoms with Crippen LogP contribution in [0.5, 0.6) is 11.5 Å². The molecule has 1 aliphatic heterocycles. The average Bonchev–Trinajstić information content (AvgIpc) is 2.69. The van der Waals surface area contributed by atoms with E-state index in [1.165, 1.54) is 12.4 Å². The minimum absolute atomic E-state index is 0.304. The molecule has 0 fully saturated rings. The molecule has 0 bridgehead atoms. The number of amides is 1. The Morgan fingerprint density at radius 2 is 1.68 bits per heavy atom. The van der Waals surface area contributed by atoms with Gasteiger partial charge in [-0.25, -0.2) is 9.97 Å². The number of ether oxygens (including phenoxy) is 2. The lowest BCUT2D eigenvalue weighted by Gasteiger charge is -2.21. The van der Waals surface area contributed by atoms with Gasteiger partial charge in [0, 0.05) is 18.0 Å². The molecule has 1 amide bonds. The zero-order valence-corrected chi connectivity index (χ0v) is 13.3. The van der Waals surface area contributed by atoms with Crippen LogP contribution in [0.2, 0.25) is 0 Å². The highest BCUT2D eigenvalue weighted by Crippen LogP contribution is 2.37. The van der Waals surface area contributed by atoms with Gasteiger partial charge in [-0.15, -0.1) is 0 Å². The molecule has 1 N–H and O–H groups in total. The summed E-state index contributed by atoms with van der Waals surface area (Å²) >= 11 is 0. The van der Waals surface area contributed by atoms with Crippen molar-refractivity contribution in [3.8, 4) is 22.9 Å². The number of nitrogens with one attached hydrogen (secondary N) is 1. The summed E-state index contributed by atoms with van der Waals surface area (Å²) < 4.78 is 11.1. The van der Waals surface area contributed by atoms with Crippen molar-refractivity contribution in [3.05, 3.63) is 66.5 Å². The van der Waals surface area contributed by atoms with Crippen LogP contribution < -0.4 is 14.8 Å². The van der Waals surface area contributed by atoms with Crippen LogP contribution in [0.3, 0.4) is 0 Å². The van der Waals surface area contributed by atoms with Gasteiger partial charge in [-0.3, -0.25) is 4.79 Å². The fourth-order valence-corrected chi connectivity index (χ4v) is 2.55. The summed E-state index contributed by atoms with van der Waals surface area (Å²) in [5.41, 5.74) is 1.83. The Hall–Kier alpha value is -3.41. The van der Waals surface area contributed by atoms with Gasteiger partial charge in [-0.2, -0.15) is 0 Å². The van der Waals surface area contributed by atoms with Crippen molar-refractivity contribution in [1.82, 2.24) is 9.97 Å². The Kier molecular flexibility index (Phi) is 4.00. The molecule has 0 unspecified atom stereocenters. The van der Waals surface area contributed by atoms with E-state index < -0.39 is 0 Å². The predicted octanol–water partition coefficient (Wildman–Crippen LogP) is 3.17. The Balaban J connectivity index is 1.54. The normalized spacial score (nSPS) is 12.5. The molecule has 6 heteroatoms. The first-order valence-electron chi connectivity index (χ1n) is 7.89. The Morgan fingerprint density at radius 1 is 0.920 bits per heavy atom. The van der Waals surface area contributed by atoms with Crippen molar-refractivity contribution < 1.29 is 14.3 Å². The zero-order chi connectivity index (χ0) is 17.1. The standard InChI is InChI=1S/C19H15N3O3/c23-19(22-15-7-4-8-16-17(15)25-10-9-24-16)14-11-20-18(21-12-14)13-5-2-1-3-6-13/h1-8,11-12H,9-10H2,(H,22,23). The van der Waals surface area contributed by atoms with E-state index in [1.54, 1.807) is 12.1 Å². The number of aromatic nitrogens is 2. The topological polar surface area (TPSA) is 73.3 Å². The number of carbonyl (C=O) groups is 1. The maximum absolute atomic E-state index is 12.5. The van der Waals surface area contributed by atoms with Crippen molar-refractivity contribution in [3.63, 3.8) is 0 Å². The maximum Gasteiger partial charge on any atom is 0.258 e. The fourth-order valence-electron chi connectivity index (χ4n) is 2.55. The maximum atomic E-state index is 12.5. The van der Waals surface area contributed by atoms with Crippen LogP contribution in [-0.4, -0.2) is 29.1 Å². The molecule has 1 aliphatic rings. The molecule has 0 atom stereocenters. The molecular formula is C19H15N3O3. The first-order chi connectivity index (χ1) is 12.3. The van der Waals surface area contributed by atoms with Crippen LogP contribution in [-0.2, 0) is 0 Å². The molecule has 3 aromatic rings. The van der Waals surface area contributed by atoms with E-state index in [0.29, 0.717) is 41.8 Å². The molecule has 4 rings (SSSR count). The lowest BCUT2D eigenvalue weighted by Crippen LogP contribution is -2.19. The van der Waals surface area contributed by atoms with Crippen molar-refractivity contribution in [2.45, 2.75) is 0 Å². The molecule has 6 nitrogen and oxygen atoms in total. The van der Waals surface area contributed by atoms with Gasteiger partial charge in [0.1, 0.15) is 13.2 Å². The van der Waals surface area contributed by atoms with E-state index >= 15 is 0 Å². The highest BCUT2D eigenvalue weighted by atomic mass is 16.6. The minimum Gasteiger partial charge on any atom is -0.486 e. The number of carbonyl (C=O) groups excluding carboxylic acids is 1. The lowest BCUT2D eigenvalue weighted by molar-refractivity contribution is 0.102. The summed E-state index contributed by atoms with van der Waals surface area (Å²) in [6.07, 6.45) is 3.02. The van der Waals surface area contributed by atoms with Gasteiger partial charge < -0.3 is 14.8 Å². The zero-order valence-electron chi connectivity index (χ0n) is 13.3. The summed E-state index contributed by atoms with van der Waals surface area (Å²) in [5, 5.41) is 2.82. The van der Waals surface area contributed by atoms with E-state index in [-0.39, 0.29) is 5.91 Å². The van der Waals surface area contributed by atoms with Gasteiger partial charge in [-0.1, -0.05) is 36.4 Å². The van der Waals surface area contributed by atoms with Crippen LogP contribution >= 0.6 is 0 Å². The molecule has 124 valence electrons. The molecule has 0 spiro atoms. The SMILES string of the molecule is O=C(Nc1cccc2c1OCCO2)c1cnc(-c2ccccc2)nc1. The van der Waals surface area contributed by atoms with Crippen molar-refractivity contribution in [2.75, 3.05) is 18.5 Å². The van der Waals surface area contributed by atoms with E-state index in [4.69, 9.17) is 9.47 Å². The third kappa shape index (κ3) is 3.14. The van der Waals surface area contributed by atoms with Crippen LogP contribution in [0.15, 0.2) is 60.9 Å². The summed E-state index contributed by atoms with van der Waals surface area (Å²) in [5.74, 6) is 1.44. The second-order valence-electron chi connectivity index (χ2n) is 5.45. The van der Waals surface area contributed by atoms with E-state index in [2.05, 4.69) is 15.3 Å². The molecule has 1 aromatic heterocycles. The number of benzene rings is 2. The summed E-state index contributed by atoms with van der Waals surface area (Å²) in [7, 11) is 0. The van der Waals surface area contributed by atoms with Gasteiger partial charge >= 0.3 is 0 Å². The van der Waals surface area contributed by atoms with Crippen LogP contribution in [0.25, 0.3) is 11.4 Å². The second-order valence-corrected chi connectivity index (χ2v) is 5.45. The van der Waals surface area contributed by atoms with Crippen molar-refractivity contribution in [2.24, 2.45) is 0 Å². The molecule has 0 aliphatic carbocycles. The number of hydrogen-bond acceptors (Lipinski definition) is 5. The van der Waals surface area contributed by atoms with Gasteiger partial charge in [0.15, 0.2) is 17.3 Å². The Labute approximate surface area is 144 Å². The Morgan fingerprint density at radius 3 is 2.48 bits per heavy atom. The quantitative estimate of drug-likeness (QED) is 0.797. The van der Waals surface area contributed by atoms with Crippen LogP contribution in [0, 0.1) is 0 Å². The largest absolute Gasteiger partial charge is 0.486 e. The highest BCUT2D eigenvalue weighted by molar-refractivity contribution is 6.05. The number of anilines is 1. The Bertz CT molecular complexity index is 896. The number of nitrogens with zero attached hydrogens (tertiary/aromatic N) is 2. The summed E-state index contributed by atoms with van der Waals surface area (Å²) in [6.45, 7) is 0.952. The average molecular weight is 333 g/mol. The predicted molar refractivity (Wildman–Crippen MR) is 92.9 cm³/mol. The van der Waals surface area contributed by atoms with Crippen molar-refractivity contribution in [1.29, 1.82) is 0 Å². The monoisotopic (exact) mass is 333 g/mol. The molecule has 0 saturated carbocycles. The van der Waals surface area contributed by atoms with E-state index in [1.807, 2.05) is 36.4 Å². The van der Waals surface area contributed by atoms with Gasteiger partial charge in [-0.05, 0) is 12.1 Å². The van der Waals surface area contributed by atoms with Gasteiger partial charge in [0.05, 0.1) is 11.3 Å². The molecule has 2 heterocycles. The summed E-state index contributed by atoms with van der Waals surface area (Å²) in [6, 6.07) is 15.0. The summed E-state index contributed by atoms with van der Waals surface area (Å²) in [4.78, 5) is 21.0. The second kappa shape index (κ2) is 6.60. The molecule has 2 aromatic carbocycles. The highest BCUT2D eigenvalue weighted by Gasteiger charge is 2.18. The number of rotatable bonds is 3. The number of hydrogen-bond donors (Lipinski definition) is 1. The molecule has 0 saturated heterocycles. The fraction of sp³-hybridized carbons (Fsp3) is 0.105. The van der Waals surface area contributed by atoms with Crippen LogP contribution in [0.1, 0.15) is 10.4 Å². The van der Waals surface area contributed by atoms with Crippen LogP contribution in [0.4, 0.5) is 5.69 Å². The molecular weight excluding hydrogens is 318 g/mol. The number of para-hydroxylation sites is 1. The third-order valence-corrected chi connectivity index (χ3v) is 3.76. The van der Waals surface area contributed by atoms with Gasteiger partial charge in [0.2, 0.25) is 0 Å². The smallest absolute Gasteiger partial charge is 0.258 e. The molecule has 25 heavy (non-hydrogen) atoms. The van der Waals surface area contributed by atoms with E-state index in [0.717, 1.165) is 5.56 Å². The lowest BCUT2D eigenvalue weighted by atomic mass is 10.2. The first-order valence-corrected chi connectivity index (χ1v) is 7.89.